The molecule has 0 amide bonds. The molecule has 1 heterocycles. The van der Waals surface area contributed by atoms with E-state index in [1.165, 1.54) is 0 Å². The van der Waals surface area contributed by atoms with Gasteiger partial charge in [0.2, 0.25) is 0 Å². The highest BCUT2D eigenvalue weighted by molar-refractivity contribution is 5.76. The fraction of sp³-hybridized carbons (Fsp3) is 0.857. The molecule has 5 unspecified atom stereocenters. The molecule has 1 saturated carbocycles. The van der Waals surface area contributed by atoms with Gasteiger partial charge in [0.25, 0.3) is 0 Å². The van der Waals surface area contributed by atoms with Crippen LogP contribution in [0.3, 0.4) is 0 Å². The largest absolute Gasteiger partial charge is 0.458 e. The zero-order chi connectivity index (χ0) is 13.3. The highest BCUT2D eigenvalue weighted by Crippen LogP contribution is 2.42. The van der Waals surface area contributed by atoms with Crippen molar-refractivity contribution < 1.29 is 19.1 Å². The van der Waals surface area contributed by atoms with Crippen LogP contribution >= 0.6 is 0 Å². The zero-order valence-corrected chi connectivity index (χ0v) is 11.3. The molecule has 0 radical (unpaired) electrons. The van der Waals surface area contributed by atoms with E-state index in [0.717, 1.165) is 25.7 Å². The number of carbonyl (C=O) groups excluding carboxylic acids is 2. The van der Waals surface area contributed by atoms with Crippen LogP contribution in [0.5, 0.6) is 0 Å². The SMILES string of the molecule is CCC(C)C(=O)OC1CCC2C(=O)OC1C2CC. The maximum Gasteiger partial charge on any atom is 0.309 e. The van der Waals surface area contributed by atoms with E-state index in [-0.39, 0.29) is 41.9 Å². The van der Waals surface area contributed by atoms with Gasteiger partial charge in [-0.05, 0) is 25.7 Å². The molecule has 2 aliphatic rings. The second-order valence-electron chi connectivity index (χ2n) is 5.44. The molecule has 0 aromatic carbocycles. The Morgan fingerprint density at radius 1 is 1.44 bits per heavy atom. The van der Waals surface area contributed by atoms with Crippen molar-refractivity contribution >= 4 is 11.9 Å². The van der Waals surface area contributed by atoms with Crippen LogP contribution in [0.2, 0.25) is 0 Å². The number of ether oxygens (including phenoxy) is 2. The van der Waals surface area contributed by atoms with Crippen molar-refractivity contribution in [1.82, 2.24) is 0 Å². The zero-order valence-electron chi connectivity index (χ0n) is 11.3. The molecule has 5 atom stereocenters. The topological polar surface area (TPSA) is 52.6 Å². The van der Waals surface area contributed by atoms with E-state index in [2.05, 4.69) is 6.92 Å². The summed E-state index contributed by atoms with van der Waals surface area (Å²) in [6.07, 6.45) is 2.76. The standard InChI is InChI=1S/C14H22O4/c1-4-8(3)13(15)17-11-7-6-10-9(5-2)12(11)18-14(10)16/h8-12H,4-7H2,1-3H3. The lowest BCUT2D eigenvalue weighted by atomic mass is 9.77. The summed E-state index contributed by atoms with van der Waals surface area (Å²) >= 11 is 0. The fourth-order valence-corrected chi connectivity index (χ4v) is 2.98. The summed E-state index contributed by atoms with van der Waals surface area (Å²) in [7, 11) is 0. The number of fused-ring (bicyclic) bond motifs is 2. The van der Waals surface area contributed by atoms with Gasteiger partial charge >= 0.3 is 11.9 Å². The predicted molar refractivity (Wildman–Crippen MR) is 65.7 cm³/mol. The number of rotatable bonds is 4. The summed E-state index contributed by atoms with van der Waals surface area (Å²) in [5, 5.41) is 0. The minimum absolute atomic E-state index is 0.0264. The third-order valence-corrected chi connectivity index (χ3v) is 4.38. The Hall–Kier alpha value is -1.06. The van der Waals surface area contributed by atoms with Gasteiger partial charge < -0.3 is 9.47 Å². The fourth-order valence-electron chi connectivity index (χ4n) is 2.98. The van der Waals surface area contributed by atoms with Crippen molar-refractivity contribution in [3.8, 4) is 0 Å². The molecule has 0 spiro atoms. The van der Waals surface area contributed by atoms with Crippen LogP contribution in [0, 0.1) is 17.8 Å². The average molecular weight is 254 g/mol. The number of carbonyl (C=O) groups is 2. The molecule has 4 nitrogen and oxygen atoms in total. The van der Waals surface area contributed by atoms with Gasteiger partial charge in [-0.1, -0.05) is 20.8 Å². The molecule has 1 saturated heterocycles. The first-order valence-corrected chi connectivity index (χ1v) is 6.99. The quantitative estimate of drug-likeness (QED) is 0.722. The summed E-state index contributed by atoms with van der Waals surface area (Å²) in [6.45, 7) is 5.89. The Labute approximate surface area is 108 Å². The Bertz CT molecular complexity index is 339. The van der Waals surface area contributed by atoms with E-state index in [9.17, 15) is 9.59 Å². The summed E-state index contributed by atoms with van der Waals surface area (Å²) in [5.74, 6) is -0.105. The number of hydrogen-bond donors (Lipinski definition) is 0. The van der Waals surface area contributed by atoms with Gasteiger partial charge in [0.1, 0.15) is 12.2 Å². The third-order valence-electron chi connectivity index (χ3n) is 4.38. The average Bonchev–Trinajstić information content (AvgIpc) is 2.61. The van der Waals surface area contributed by atoms with Crippen molar-refractivity contribution in [2.75, 3.05) is 0 Å². The summed E-state index contributed by atoms with van der Waals surface area (Å²) < 4.78 is 10.9. The monoisotopic (exact) mass is 254 g/mol. The lowest BCUT2D eigenvalue weighted by molar-refractivity contribution is -0.166. The third kappa shape index (κ3) is 2.25. The van der Waals surface area contributed by atoms with E-state index < -0.39 is 0 Å². The van der Waals surface area contributed by atoms with E-state index in [1.807, 2.05) is 13.8 Å². The van der Waals surface area contributed by atoms with Crippen LogP contribution in [0.1, 0.15) is 46.5 Å². The molecular formula is C14H22O4. The van der Waals surface area contributed by atoms with Gasteiger partial charge in [-0.25, -0.2) is 0 Å². The second-order valence-corrected chi connectivity index (χ2v) is 5.44. The maximum absolute atomic E-state index is 11.8. The van der Waals surface area contributed by atoms with Crippen LogP contribution in [-0.4, -0.2) is 24.1 Å². The molecule has 4 heteroatoms. The molecule has 2 fully saturated rings. The smallest absolute Gasteiger partial charge is 0.309 e. The van der Waals surface area contributed by atoms with Gasteiger partial charge in [-0.3, -0.25) is 9.59 Å². The first-order valence-electron chi connectivity index (χ1n) is 6.99. The lowest BCUT2D eigenvalue weighted by Crippen LogP contribution is -2.40. The first-order chi connectivity index (χ1) is 8.58. The number of esters is 2. The molecule has 2 bridgehead atoms. The summed E-state index contributed by atoms with van der Waals surface area (Å²) in [5.41, 5.74) is 0. The highest BCUT2D eigenvalue weighted by Gasteiger charge is 2.51. The lowest BCUT2D eigenvalue weighted by Gasteiger charge is -2.32. The van der Waals surface area contributed by atoms with Crippen LogP contribution in [-0.2, 0) is 19.1 Å². The Balaban J connectivity index is 2.02. The van der Waals surface area contributed by atoms with Crippen molar-refractivity contribution in [1.29, 1.82) is 0 Å². The Morgan fingerprint density at radius 3 is 2.78 bits per heavy atom. The van der Waals surface area contributed by atoms with Crippen molar-refractivity contribution in [3.05, 3.63) is 0 Å². The number of hydrogen-bond acceptors (Lipinski definition) is 4. The Morgan fingerprint density at radius 2 is 2.17 bits per heavy atom. The molecule has 0 aromatic heterocycles. The van der Waals surface area contributed by atoms with Gasteiger partial charge in [-0.2, -0.15) is 0 Å². The molecule has 2 rings (SSSR count). The van der Waals surface area contributed by atoms with E-state index >= 15 is 0 Å². The van der Waals surface area contributed by atoms with E-state index in [1.54, 1.807) is 0 Å². The highest BCUT2D eigenvalue weighted by atomic mass is 16.6. The van der Waals surface area contributed by atoms with Crippen LogP contribution in [0.4, 0.5) is 0 Å². The van der Waals surface area contributed by atoms with Crippen molar-refractivity contribution in [2.24, 2.45) is 17.8 Å². The maximum atomic E-state index is 11.8. The molecule has 0 N–H and O–H groups in total. The predicted octanol–water partition coefficient (Wildman–Crippen LogP) is 2.31. The van der Waals surface area contributed by atoms with Gasteiger partial charge in [0.05, 0.1) is 11.8 Å². The molecule has 18 heavy (non-hydrogen) atoms. The van der Waals surface area contributed by atoms with Crippen molar-refractivity contribution in [2.45, 2.75) is 58.7 Å². The normalized spacial score (nSPS) is 36.1. The minimum atomic E-state index is -0.237. The summed E-state index contributed by atoms with van der Waals surface area (Å²) in [6, 6.07) is 0. The van der Waals surface area contributed by atoms with Crippen LogP contribution in [0.15, 0.2) is 0 Å². The first kappa shape index (κ1) is 13.4. The molecule has 102 valence electrons. The van der Waals surface area contributed by atoms with Gasteiger partial charge in [-0.15, -0.1) is 0 Å². The van der Waals surface area contributed by atoms with Crippen molar-refractivity contribution in [3.63, 3.8) is 0 Å². The molecular weight excluding hydrogens is 232 g/mol. The van der Waals surface area contributed by atoms with Gasteiger partial charge in [0, 0.05) is 5.92 Å². The molecule has 1 aliphatic heterocycles. The van der Waals surface area contributed by atoms with Gasteiger partial charge in [0.15, 0.2) is 0 Å². The molecule has 1 aliphatic carbocycles. The summed E-state index contributed by atoms with van der Waals surface area (Å²) in [4.78, 5) is 23.5. The van der Waals surface area contributed by atoms with E-state index in [0.29, 0.717) is 0 Å². The second kappa shape index (κ2) is 5.29. The molecule has 0 aromatic rings. The van der Waals surface area contributed by atoms with Crippen LogP contribution < -0.4 is 0 Å². The van der Waals surface area contributed by atoms with Crippen LogP contribution in [0.25, 0.3) is 0 Å². The minimum Gasteiger partial charge on any atom is -0.458 e. The Kier molecular flexibility index (Phi) is 3.93. The van der Waals surface area contributed by atoms with E-state index in [4.69, 9.17) is 9.47 Å².